The molecular weight excluding hydrogens is 844 g/mol. The summed E-state index contributed by atoms with van der Waals surface area (Å²) in [6.07, 6.45) is 9.13. The average molecular weight is 896 g/mol. The number of halogens is 3. The van der Waals surface area contributed by atoms with Gasteiger partial charge in [-0.25, -0.2) is 18.7 Å². The SMILES string of the molecule is Cn1nc(N2C(=O)CCCC2=O)c2cccc(N3CC4(CCC(CN5CCN(c6ncc(Cl)c(Nc7ccc8c(c7)c7c(c(=O)n8C)OCC(F)(F)[C@H](C8CC8)N7)n6)CC5)CC4)C3)c21. The van der Waals surface area contributed by atoms with Crippen LogP contribution in [0, 0.1) is 17.3 Å². The van der Waals surface area contributed by atoms with Crippen molar-refractivity contribution < 1.29 is 23.1 Å². The largest absolute Gasteiger partial charge is 0.480 e. The summed E-state index contributed by atoms with van der Waals surface area (Å²) in [5, 5.41) is 12.8. The molecule has 64 heavy (non-hydrogen) atoms. The van der Waals surface area contributed by atoms with Crippen molar-refractivity contribution in [3.63, 3.8) is 0 Å². The number of amides is 2. The molecule has 3 saturated heterocycles. The van der Waals surface area contributed by atoms with Crippen LogP contribution in [0.15, 0.2) is 47.4 Å². The molecule has 6 aliphatic rings. The van der Waals surface area contributed by atoms with E-state index in [-0.39, 0.29) is 29.2 Å². The third kappa shape index (κ3) is 7.18. The Kier molecular flexibility index (Phi) is 10.0. The maximum atomic E-state index is 15.2. The molecule has 5 fully saturated rings. The molecule has 18 heteroatoms. The molecule has 2 N–H and O–H groups in total. The molecule has 0 unspecified atom stereocenters. The smallest absolute Gasteiger partial charge is 0.301 e. The van der Waals surface area contributed by atoms with E-state index >= 15 is 8.78 Å². The molecule has 5 aromatic rings. The predicted molar refractivity (Wildman–Crippen MR) is 242 cm³/mol. The number of piperazine rings is 1. The molecule has 11 rings (SSSR count). The Morgan fingerprint density at radius 3 is 2.42 bits per heavy atom. The number of alkyl halides is 2. The molecule has 1 atom stereocenters. The summed E-state index contributed by atoms with van der Waals surface area (Å²) in [7, 11) is 3.51. The second-order valence-electron chi connectivity index (χ2n) is 19.0. The van der Waals surface area contributed by atoms with Crippen molar-refractivity contribution in [2.75, 3.05) is 77.8 Å². The van der Waals surface area contributed by atoms with Gasteiger partial charge in [-0.05, 0) is 87.1 Å². The highest BCUT2D eigenvalue weighted by Crippen LogP contribution is 2.49. The van der Waals surface area contributed by atoms with Crippen LogP contribution in [0.4, 0.5) is 43.4 Å². The van der Waals surface area contributed by atoms with Crippen LogP contribution in [0.5, 0.6) is 5.75 Å². The van der Waals surface area contributed by atoms with Crippen molar-refractivity contribution in [1.29, 1.82) is 0 Å². The molecule has 0 radical (unpaired) electrons. The van der Waals surface area contributed by atoms with E-state index in [9.17, 15) is 14.4 Å². The number of rotatable bonds is 8. The number of imide groups is 1. The number of anilines is 6. The van der Waals surface area contributed by atoms with Gasteiger partial charge in [-0.1, -0.05) is 17.7 Å². The van der Waals surface area contributed by atoms with Crippen molar-refractivity contribution in [3.8, 4) is 5.75 Å². The molecule has 0 bridgehead atoms. The average Bonchev–Trinajstić information content (AvgIpc) is 4.08. The maximum Gasteiger partial charge on any atom is 0.301 e. The van der Waals surface area contributed by atoms with Crippen molar-refractivity contribution in [2.24, 2.45) is 31.3 Å². The number of carbonyl (C=O) groups is 2. The number of ether oxygens (including phenoxy) is 1. The fourth-order valence-corrected chi connectivity index (χ4v) is 11.1. The number of pyridine rings is 1. The van der Waals surface area contributed by atoms with Crippen LogP contribution in [0.2, 0.25) is 5.02 Å². The van der Waals surface area contributed by atoms with Crippen molar-refractivity contribution in [2.45, 2.75) is 69.8 Å². The first-order valence-corrected chi connectivity index (χ1v) is 23.0. The monoisotopic (exact) mass is 895 g/mol. The number of aryl methyl sites for hydroxylation is 2. The maximum absolute atomic E-state index is 15.2. The number of fused-ring (bicyclic) bond motifs is 4. The molecule has 2 saturated carbocycles. The lowest BCUT2D eigenvalue weighted by Crippen LogP contribution is -2.58. The Bertz CT molecular complexity index is 2740. The minimum atomic E-state index is -3.13. The van der Waals surface area contributed by atoms with Crippen LogP contribution in [0.25, 0.3) is 21.8 Å². The number of carbonyl (C=O) groups excluding carboxylic acids is 2. The number of hydrogen-bond donors (Lipinski definition) is 2. The standard InChI is InChI=1S/C46H52ClF2N11O4/c1-55-33-12-11-29(21-31(33)37-39(43(55)63)64-26-46(48,49)40(52-37)28-9-10-28)51-41-32(47)22-50-44(53-41)58-19-17-57(18-20-58)23-27-13-15-45(16-14-27)24-59(25-45)34-6-3-5-30-38(34)56(2)54-42(30)60-35(61)7-4-8-36(60)62/h3,5-6,11-12,21-22,27-28,40,52H,4,7-10,13-20,23-26H2,1-2H3,(H,50,51,53)/t40-/m0/s1. The highest BCUT2D eigenvalue weighted by Gasteiger charge is 2.51. The van der Waals surface area contributed by atoms with Gasteiger partial charge in [0, 0.05) is 94.6 Å². The zero-order valence-corrected chi connectivity index (χ0v) is 36.8. The van der Waals surface area contributed by atoms with Crippen LogP contribution in [-0.2, 0) is 23.7 Å². The third-order valence-corrected chi connectivity index (χ3v) is 14.9. The van der Waals surface area contributed by atoms with E-state index in [1.165, 1.54) is 35.2 Å². The summed E-state index contributed by atoms with van der Waals surface area (Å²) in [4.78, 5) is 56.7. The topological polar surface area (TPSA) is 146 Å². The van der Waals surface area contributed by atoms with Crippen molar-refractivity contribution >= 4 is 79.9 Å². The van der Waals surface area contributed by atoms with E-state index in [1.54, 1.807) is 19.3 Å². The van der Waals surface area contributed by atoms with Gasteiger partial charge in [0.25, 0.3) is 5.56 Å². The molecule has 336 valence electrons. The second kappa shape index (κ2) is 15.6. The van der Waals surface area contributed by atoms with Gasteiger partial charge in [0.05, 0.1) is 34.6 Å². The van der Waals surface area contributed by atoms with Gasteiger partial charge in [-0.3, -0.25) is 24.0 Å². The van der Waals surface area contributed by atoms with E-state index in [4.69, 9.17) is 21.3 Å². The van der Waals surface area contributed by atoms with Crippen molar-refractivity contribution in [1.82, 2.24) is 29.2 Å². The summed E-state index contributed by atoms with van der Waals surface area (Å²) in [6.45, 7) is 5.58. The minimum absolute atomic E-state index is 0.102. The van der Waals surface area contributed by atoms with Crippen molar-refractivity contribution in [3.05, 3.63) is 58.0 Å². The van der Waals surface area contributed by atoms with Gasteiger partial charge < -0.3 is 29.7 Å². The van der Waals surface area contributed by atoms with Crippen LogP contribution >= 0.6 is 11.6 Å². The van der Waals surface area contributed by atoms with Gasteiger partial charge in [0.2, 0.25) is 23.5 Å². The fourth-order valence-electron chi connectivity index (χ4n) is 10.9. The summed E-state index contributed by atoms with van der Waals surface area (Å²) < 4.78 is 39.1. The number of benzene rings is 2. The first kappa shape index (κ1) is 41.2. The third-order valence-electron chi connectivity index (χ3n) is 14.7. The second-order valence-corrected chi connectivity index (χ2v) is 19.4. The Morgan fingerprint density at radius 1 is 0.938 bits per heavy atom. The van der Waals surface area contributed by atoms with E-state index in [0.29, 0.717) is 82.6 Å². The number of aromatic nitrogens is 5. The van der Waals surface area contributed by atoms with E-state index < -0.39 is 24.1 Å². The fraction of sp³-hybridized carbons (Fsp3) is 0.522. The number of hydrogen-bond acceptors (Lipinski definition) is 12. The zero-order valence-electron chi connectivity index (χ0n) is 36.1. The number of nitrogens with zero attached hydrogens (tertiary/aromatic N) is 9. The molecule has 15 nitrogen and oxygen atoms in total. The molecule has 7 heterocycles. The number of nitrogens with one attached hydrogen (secondary N) is 2. The van der Waals surface area contributed by atoms with Gasteiger partial charge in [0.1, 0.15) is 5.02 Å². The summed E-state index contributed by atoms with van der Waals surface area (Å²) >= 11 is 6.65. The van der Waals surface area contributed by atoms with Crippen LogP contribution in [-0.4, -0.2) is 105 Å². The number of para-hydroxylation sites is 1. The summed E-state index contributed by atoms with van der Waals surface area (Å²) in [5.74, 6) is -1.67. The molecule has 2 aromatic carbocycles. The molecular formula is C46H52ClF2N11O4. The normalized spacial score (nSPS) is 22.6. The molecule has 2 amide bonds. The first-order valence-electron chi connectivity index (χ1n) is 22.6. The molecule has 1 spiro atoms. The zero-order chi connectivity index (χ0) is 44.1. The predicted octanol–water partition coefficient (Wildman–Crippen LogP) is 6.69. The van der Waals surface area contributed by atoms with E-state index in [2.05, 4.69) is 41.5 Å². The van der Waals surface area contributed by atoms with E-state index in [0.717, 1.165) is 62.4 Å². The lowest BCUT2D eigenvalue weighted by molar-refractivity contribution is -0.129. The molecule has 3 aromatic heterocycles. The lowest BCUT2D eigenvalue weighted by atomic mass is 9.65. The summed E-state index contributed by atoms with van der Waals surface area (Å²) in [5.41, 5.74) is 3.39. The summed E-state index contributed by atoms with van der Waals surface area (Å²) in [6, 6.07) is 10.4. The quantitative estimate of drug-likeness (QED) is 0.160. The lowest BCUT2D eigenvalue weighted by Gasteiger charge is -2.55. The highest BCUT2D eigenvalue weighted by molar-refractivity contribution is 6.33. The minimum Gasteiger partial charge on any atom is -0.480 e. The van der Waals surface area contributed by atoms with Gasteiger partial charge in [-0.2, -0.15) is 10.1 Å². The van der Waals surface area contributed by atoms with E-state index in [1.807, 2.05) is 36.0 Å². The Hall–Kier alpha value is -5.55. The van der Waals surface area contributed by atoms with Gasteiger partial charge >= 0.3 is 5.92 Å². The van der Waals surface area contributed by atoms with Crippen LogP contribution in [0.3, 0.4) is 0 Å². The van der Waals surface area contributed by atoms with Gasteiger partial charge in [-0.15, -0.1) is 0 Å². The molecule has 4 aliphatic heterocycles. The Morgan fingerprint density at radius 2 is 1.69 bits per heavy atom. The van der Waals surface area contributed by atoms with Crippen LogP contribution < -0.4 is 35.6 Å². The molecule has 2 aliphatic carbocycles. The number of piperidine rings is 1. The Balaban J connectivity index is 0.706. The highest BCUT2D eigenvalue weighted by atomic mass is 35.5. The van der Waals surface area contributed by atoms with Gasteiger partial charge in [0.15, 0.2) is 18.2 Å². The Labute approximate surface area is 373 Å². The van der Waals surface area contributed by atoms with Crippen LogP contribution in [0.1, 0.15) is 57.8 Å². The first-order chi connectivity index (χ1) is 30.8.